The maximum atomic E-state index is 5.98. The van der Waals surface area contributed by atoms with Crippen molar-refractivity contribution in [1.29, 1.82) is 0 Å². The Morgan fingerprint density at radius 2 is 1.70 bits per heavy atom. The van der Waals surface area contributed by atoms with Crippen LogP contribution in [0.1, 0.15) is 31.0 Å². The van der Waals surface area contributed by atoms with Gasteiger partial charge in [0.1, 0.15) is 18.1 Å². The maximum Gasteiger partial charge on any atom is 0.120 e. The minimum atomic E-state index is 0.425. The first-order chi connectivity index (χ1) is 11.1. The molecule has 0 aliphatic rings. The van der Waals surface area contributed by atoms with Gasteiger partial charge in [-0.15, -0.1) is 0 Å². The van der Waals surface area contributed by atoms with Gasteiger partial charge < -0.3 is 14.0 Å². The van der Waals surface area contributed by atoms with Crippen molar-refractivity contribution in [1.82, 2.24) is 4.57 Å². The summed E-state index contributed by atoms with van der Waals surface area (Å²) in [6.07, 6.45) is 2.21. The van der Waals surface area contributed by atoms with Gasteiger partial charge in [-0.05, 0) is 56.7 Å². The van der Waals surface area contributed by atoms with Crippen LogP contribution in [0.4, 0.5) is 0 Å². The van der Waals surface area contributed by atoms with E-state index in [0.717, 1.165) is 11.5 Å². The van der Waals surface area contributed by atoms with Gasteiger partial charge >= 0.3 is 0 Å². The second-order valence-corrected chi connectivity index (χ2v) is 6.09. The number of aromatic nitrogens is 1. The van der Waals surface area contributed by atoms with Crippen molar-refractivity contribution in [2.24, 2.45) is 0 Å². The van der Waals surface area contributed by atoms with Crippen LogP contribution < -0.4 is 9.47 Å². The van der Waals surface area contributed by atoms with Crippen LogP contribution in [0.5, 0.6) is 11.5 Å². The fraction of sp³-hybridized carbons (Fsp3) is 0.300. The van der Waals surface area contributed by atoms with Crippen LogP contribution in [0.15, 0.2) is 48.7 Å². The molecule has 0 bridgehead atoms. The largest absolute Gasteiger partial charge is 0.497 e. The molecule has 0 saturated heterocycles. The van der Waals surface area contributed by atoms with Crippen molar-refractivity contribution in [2.75, 3.05) is 7.11 Å². The summed E-state index contributed by atoms with van der Waals surface area (Å²) in [5.41, 5.74) is 3.78. The molecule has 0 fully saturated rings. The fourth-order valence-corrected chi connectivity index (χ4v) is 2.96. The molecule has 0 unspecified atom stereocenters. The van der Waals surface area contributed by atoms with Crippen LogP contribution in [0, 0.1) is 6.92 Å². The summed E-state index contributed by atoms with van der Waals surface area (Å²) >= 11 is 0. The number of hydrogen-bond acceptors (Lipinski definition) is 2. The topological polar surface area (TPSA) is 23.4 Å². The number of fused-ring (bicyclic) bond motifs is 1. The van der Waals surface area contributed by atoms with Gasteiger partial charge in [-0.2, -0.15) is 0 Å². The van der Waals surface area contributed by atoms with Crippen molar-refractivity contribution < 1.29 is 9.47 Å². The molecule has 0 atom stereocenters. The molecule has 3 rings (SSSR count). The maximum absolute atomic E-state index is 5.98. The van der Waals surface area contributed by atoms with Crippen molar-refractivity contribution in [3.8, 4) is 11.5 Å². The van der Waals surface area contributed by atoms with E-state index in [0.29, 0.717) is 12.6 Å². The van der Waals surface area contributed by atoms with Crippen LogP contribution in [0.3, 0.4) is 0 Å². The normalized spacial score (nSPS) is 11.2. The SMILES string of the molecule is COc1ccc(OCc2cn(C(C)C)c3cccc(C)c23)cc1. The van der Waals surface area contributed by atoms with Crippen LogP contribution in [0.2, 0.25) is 0 Å². The second kappa shape index (κ2) is 6.37. The standard InChI is InChI=1S/C20H23NO2/c1-14(2)21-12-16(20-15(3)6-5-7-19(20)21)13-23-18-10-8-17(22-4)9-11-18/h5-12,14H,13H2,1-4H3. The highest BCUT2D eigenvalue weighted by Crippen LogP contribution is 2.28. The zero-order valence-corrected chi connectivity index (χ0v) is 14.2. The molecule has 2 aromatic carbocycles. The van der Waals surface area contributed by atoms with Gasteiger partial charge in [-0.25, -0.2) is 0 Å². The van der Waals surface area contributed by atoms with Crippen LogP contribution in [-0.4, -0.2) is 11.7 Å². The summed E-state index contributed by atoms with van der Waals surface area (Å²) < 4.78 is 13.5. The third-order valence-electron chi connectivity index (χ3n) is 4.16. The van der Waals surface area contributed by atoms with E-state index in [1.165, 1.54) is 22.0 Å². The summed E-state index contributed by atoms with van der Waals surface area (Å²) in [4.78, 5) is 0. The number of aryl methyl sites for hydroxylation is 1. The monoisotopic (exact) mass is 309 g/mol. The number of hydrogen-bond donors (Lipinski definition) is 0. The first-order valence-electron chi connectivity index (χ1n) is 7.96. The Hall–Kier alpha value is -2.42. The molecule has 0 saturated carbocycles. The average molecular weight is 309 g/mol. The Balaban J connectivity index is 1.90. The van der Waals surface area contributed by atoms with Gasteiger partial charge in [-0.3, -0.25) is 0 Å². The third kappa shape index (κ3) is 3.04. The summed E-state index contributed by atoms with van der Waals surface area (Å²) in [5.74, 6) is 1.69. The molecule has 3 nitrogen and oxygen atoms in total. The first-order valence-corrected chi connectivity index (χ1v) is 7.96. The van der Waals surface area contributed by atoms with Crippen molar-refractivity contribution >= 4 is 10.9 Å². The Morgan fingerprint density at radius 3 is 2.35 bits per heavy atom. The summed E-state index contributed by atoms with van der Waals surface area (Å²) in [6, 6.07) is 14.6. The Kier molecular flexibility index (Phi) is 4.28. The number of nitrogens with zero attached hydrogens (tertiary/aromatic N) is 1. The zero-order chi connectivity index (χ0) is 16.4. The second-order valence-electron chi connectivity index (χ2n) is 6.09. The number of rotatable bonds is 5. The molecule has 0 amide bonds. The lowest BCUT2D eigenvalue weighted by Gasteiger charge is -2.09. The number of benzene rings is 2. The lowest BCUT2D eigenvalue weighted by atomic mass is 10.1. The molecule has 0 radical (unpaired) electrons. The minimum Gasteiger partial charge on any atom is -0.497 e. The molecule has 23 heavy (non-hydrogen) atoms. The van der Waals surface area contributed by atoms with E-state index in [-0.39, 0.29) is 0 Å². The molecule has 0 aliphatic heterocycles. The average Bonchev–Trinajstić information content (AvgIpc) is 2.94. The Bertz CT molecular complexity index is 800. The van der Waals surface area contributed by atoms with E-state index in [4.69, 9.17) is 9.47 Å². The number of methoxy groups -OCH3 is 1. The van der Waals surface area contributed by atoms with E-state index in [9.17, 15) is 0 Å². The quantitative estimate of drug-likeness (QED) is 0.653. The predicted octanol–water partition coefficient (Wildman–Crippen LogP) is 5.12. The molecule has 1 heterocycles. The fourth-order valence-electron chi connectivity index (χ4n) is 2.96. The van der Waals surface area contributed by atoms with E-state index in [1.54, 1.807) is 7.11 Å². The lowest BCUT2D eigenvalue weighted by molar-refractivity contribution is 0.306. The highest BCUT2D eigenvalue weighted by Gasteiger charge is 2.12. The Morgan fingerprint density at radius 1 is 1.00 bits per heavy atom. The van der Waals surface area contributed by atoms with Gasteiger partial charge in [-0.1, -0.05) is 12.1 Å². The predicted molar refractivity (Wildman–Crippen MR) is 94.4 cm³/mol. The van der Waals surface area contributed by atoms with Crippen LogP contribution in [0.25, 0.3) is 10.9 Å². The summed E-state index contributed by atoms with van der Waals surface area (Å²) in [7, 11) is 1.67. The lowest BCUT2D eigenvalue weighted by Crippen LogP contribution is -1.98. The van der Waals surface area contributed by atoms with Crippen molar-refractivity contribution in [2.45, 2.75) is 33.4 Å². The summed E-state index contributed by atoms with van der Waals surface area (Å²) in [6.45, 7) is 7.13. The van der Waals surface area contributed by atoms with Crippen LogP contribution in [-0.2, 0) is 6.61 Å². The zero-order valence-electron chi connectivity index (χ0n) is 14.2. The van der Waals surface area contributed by atoms with E-state index < -0.39 is 0 Å². The Labute approximate surface area is 137 Å². The molecule has 1 aromatic heterocycles. The summed E-state index contributed by atoms with van der Waals surface area (Å²) in [5, 5.41) is 1.30. The van der Waals surface area contributed by atoms with Gasteiger partial charge in [0.15, 0.2) is 0 Å². The highest BCUT2D eigenvalue weighted by molar-refractivity contribution is 5.87. The molecule has 0 N–H and O–H groups in total. The van der Waals surface area contributed by atoms with E-state index in [1.807, 2.05) is 24.3 Å². The molecule has 0 aliphatic carbocycles. The van der Waals surface area contributed by atoms with Gasteiger partial charge in [0.25, 0.3) is 0 Å². The molecule has 3 aromatic rings. The van der Waals surface area contributed by atoms with Crippen LogP contribution >= 0.6 is 0 Å². The first kappa shape index (κ1) is 15.5. The molecule has 3 heteroatoms. The molecule has 0 spiro atoms. The molecular weight excluding hydrogens is 286 g/mol. The van der Waals surface area contributed by atoms with Crippen molar-refractivity contribution in [3.63, 3.8) is 0 Å². The minimum absolute atomic E-state index is 0.425. The highest BCUT2D eigenvalue weighted by atomic mass is 16.5. The van der Waals surface area contributed by atoms with Gasteiger partial charge in [0.2, 0.25) is 0 Å². The molecular formula is C20H23NO2. The molecule has 120 valence electrons. The van der Waals surface area contributed by atoms with Crippen molar-refractivity contribution in [3.05, 3.63) is 59.8 Å². The van der Waals surface area contributed by atoms with Gasteiger partial charge in [0, 0.05) is 28.7 Å². The van der Waals surface area contributed by atoms with E-state index >= 15 is 0 Å². The van der Waals surface area contributed by atoms with E-state index in [2.05, 4.69) is 49.7 Å². The smallest absolute Gasteiger partial charge is 0.120 e. The number of ether oxygens (including phenoxy) is 2. The third-order valence-corrected chi connectivity index (χ3v) is 4.16. The van der Waals surface area contributed by atoms with Gasteiger partial charge in [0.05, 0.1) is 7.11 Å².